The Morgan fingerprint density at radius 1 is 1.31 bits per heavy atom. The molecule has 0 unspecified atom stereocenters. The second kappa shape index (κ2) is 3.85. The summed E-state index contributed by atoms with van der Waals surface area (Å²) in [6.07, 6.45) is 1.65. The molecule has 0 aliphatic carbocycles. The molecule has 0 saturated heterocycles. The summed E-state index contributed by atoms with van der Waals surface area (Å²) in [5.41, 5.74) is 2.35. The lowest BCUT2D eigenvalue weighted by Gasteiger charge is -2.05. The van der Waals surface area contributed by atoms with Crippen LogP contribution in [0.3, 0.4) is 0 Å². The second-order valence-electron chi connectivity index (χ2n) is 2.83. The molecule has 1 aromatic carbocycles. The zero-order chi connectivity index (χ0) is 9.84. The van der Waals surface area contributed by atoms with Crippen molar-refractivity contribution < 1.29 is 4.79 Å². The van der Waals surface area contributed by atoms with E-state index in [1.165, 1.54) is 0 Å². The first kappa shape index (κ1) is 9.46. The summed E-state index contributed by atoms with van der Waals surface area (Å²) in [6, 6.07) is 7.40. The van der Waals surface area contributed by atoms with Gasteiger partial charge in [-0.15, -0.1) is 0 Å². The number of benzene rings is 1. The van der Waals surface area contributed by atoms with Crippen LogP contribution in [0.25, 0.3) is 5.57 Å². The second-order valence-corrected chi connectivity index (χ2v) is 2.83. The lowest BCUT2D eigenvalue weighted by Crippen LogP contribution is -1.96. The van der Waals surface area contributed by atoms with E-state index in [0.717, 1.165) is 11.1 Å². The van der Waals surface area contributed by atoms with E-state index in [4.69, 9.17) is 0 Å². The van der Waals surface area contributed by atoms with Crippen molar-refractivity contribution in [3.05, 3.63) is 54.6 Å². The van der Waals surface area contributed by atoms with Gasteiger partial charge >= 0.3 is 0 Å². The molecule has 0 saturated carbocycles. The molecule has 0 atom stereocenters. The van der Waals surface area contributed by atoms with Gasteiger partial charge in [0.1, 0.15) is 0 Å². The number of Topliss-reactive ketones (excluding diaryl/α,β-unsaturated/α-hetero) is 1. The van der Waals surface area contributed by atoms with Gasteiger partial charge in [0.15, 0.2) is 5.78 Å². The van der Waals surface area contributed by atoms with Gasteiger partial charge in [-0.2, -0.15) is 0 Å². The van der Waals surface area contributed by atoms with Crippen molar-refractivity contribution in [2.45, 2.75) is 6.92 Å². The Hall–Kier alpha value is -1.63. The highest BCUT2D eigenvalue weighted by Crippen LogP contribution is 2.18. The molecule has 0 amide bonds. The topological polar surface area (TPSA) is 17.1 Å². The van der Waals surface area contributed by atoms with Crippen LogP contribution >= 0.6 is 0 Å². The highest BCUT2D eigenvalue weighted by molar-refractivity contribution is 5.99. The SMILES string of the molecule is C=CC(=C)c1ccccc1C(C)=O. The minimum Gasteiger partial charge on any atom is -0.294 e. The first-order valence-corrected chi connectivity index (χ1v) is 4.08. The van der Waals surface area contributed by atoms with E-state index < -0.39 is 0 Å². The number of rotatable bonds is 3. The number of ketones is 1. The molecular weight excluding hydrogens is 160 g/mol. The lowest BCUT2D eigenvalue weighted by molar-refractivity contribution is 0.101. The Kier molecular flexibility index (Phi) is 2.80. The molecule has 0 aliphatic rings. The average Bonchev–Trinajstić information content (AvgIpc) is 2.16. The zero-order valence-corrected chi connectivity index (χ0v) is 7.71. The first-order chi connectivity index (χ1) is 6.16. The van der Waals surface area contributed by atoms with E-state index in [-0.39, 0.29) is 5.78 Å². The molecule has 1 nitrogen and oxygen atoms in total. The maximum absolute atomic E-state index is 11.2. The van der Waals surface area contributed by atoms with Crippen LogP contribution in [0.5, 0.6) is 0 Å². The summed E-state index contributed by atoms with van der Waals surface area (Å²) in [7, 11) is 0. The third-order valence-corrected chi connectivity index (χ3v) is 1.90. The number of hydrogen-bond donors (Lipinski definition) is 0. The van der Waals surface area contributed by atoms with Crippen molar-refractivity contribution in [3.8, 4) is 0 Å². The zero-order valence-electron chi connectivity index (χ0n) is 7.71. The van der Waals surface area contributed by atoms with Gasteiger partial charge in [0.05, 0.1) is 0 Å². The molecule has 13 heavy (non-hydrogen) atoms. The van der Waals surface area contributed by atoms with Gasteiger partial charge in [0.25, 0.3) is 0 Å². The van der Waals surface area contributed by atoms with E-state index in [1.54, 1.807) is 19.1 Å². The molecule has 1 aromatic rings. The smallest absolute Gasteiger partial charge is 0.160 e. The van der Waals surface area contributed by atoms with E-state index in [9.17, 15) is 4.79 Å². The summed E-state index contributed by atoms with van der Waals surface area (Å²) in [5.74, 6) is 0.0543. The molecule has 0 fully saturated rings. The molecule has 0 bridgehead atoms. The predicted molar refractivity (Wildman–Crippen MR) is 55.7 cm³/mol. The van der Waals surface area contributed by atoms with Crippen molar-refractivity contribution in [2.75, 3.05) is 0 Å². The molecule has 0 aromatic heterocycles. The normalized spacial score (nSPS) is 9.31. The molecule has 0 N–H and O–H groups in total. The number of hydrogen-bond acceptors (Lipinski definition) is 1. The van der Waals surface area contributed by atoms with Gasteiger partial charge in [-0.3, -0.25) is 4.79 Å². The van der Waals surface area contributed by atoms with Crippen LogP contribution < -0.4 is 0 Å². The molecule has 0 spiro atoms. The first-order valence-electron chi connectivity index (χ1n) is 4.08. The molecular formula is C12H12O. The van der Waals surface area contributed by atoms with E-state index in [1.807, 2.05) is 18.2 Å². The largest absolute Gasteiger partial charge is 0.294 e. The van der Waals surface area contributed by atoms with Crippen molar-refractivity contribution in [2.24, 2.45) is 0 Å². The van der Waals surface area contributed by atoms with Crippen LogP contribution in [0.15, 0.2) is 43.5 Å². The van der Waals surface area contributed by atoms with Gasteiger partial charge in [0, 0.05) is 5.56 Å². The van der Waals surface area contributed by atoms with E-state index in [2.05, 4.69) is 13.2 Å². The third-order valence-electron chi connectivity index (χ3n) is 1.90. The van der Waals surface area contributed by atoms with Crippen LogP contribution in [0.1, 0.15) is 22.8 Å². The molecule has 1 rings (SSSR count). The fraction of sp³-hybridized carbons (Fsp3) is 0.0833. The van der Waals surface area contributed by atoms with Crippen LogP contribution in [0.4, 0.5) is 0 Å². The molecule has 0 radical (unpaired) electrons. The third kappa shape index (κ3) is 1.94. The number of carbonyl (C=O) groups is 1. The van der Waals surface area contributed by atoms with Gasteiger partial charge in [-0.05, 0) is 18.1 Å². The molecule has 66 valence electrons. The highest BCUT2D eigenvalue weighted by Gasteiger charge is 2.06. The molecule has 0 heterocycles. The fourth-order valence-electron chi connectivity index (χ4n) is 1.18. The number of allylic oxidation sites excluding steroid dienone is 2. The van der Waals surface area contributed by atoms with Crippen LogP contribution in [-0.4, -0.2) is 5.78 Å². The minimum atomic E-state index is 0.0543. The van der Waals surface area contributed by atoms with Crippen molar-refractivity contribution in [1.29, 1.82) is 0 Å². The maximum atomic E-state index is 11.2. The van der Waals surface area contributed by atoms with E-state index >= 15 is 0 Å². The fourth-order valence-corrected chi connectivity index (χ4v) is 1.18. The maximum Gasteiger partial charge on any atom is 0.160 e. The number of carbonyl (C=O) groups excluding carboxylic acids is 1. The Balaban J connectivity index is 3.27. The monoisotopic (exact) mass is 172 g/mol. The van der Waals surface area contributed by atoms with Gasteiger partial charge in [0.2, 0.25) is 0 Å². The summed E-state index contributed by atoms with van der Waals surface area (Å²) in [4.78, 5) is 11.2. The van der Waals surface area contributed by atoms with Crippen LogP contribution in [-0.2, 0) is 0 Å². The quantitative estimate of drug-likeness (QED) is 0.505. The predicted octanol–water partition coefficient (Wildman–Crippen LogP) is 3.09. The van der Waals surface area contributed by atoms with Crippen molar-refractivity contribution in [1.82, 2.24) is 0 Å². The summed E-state index contributed by atoms with van der Waals surface area (Å²) in [5, 5.41) is 0. The minimum absolute atomic E-state index is 0.0543. The summed E-state index contributed by atoms with van der Waals surface area (Å²) in [6.45, 7) is 8.99. The van der Waals surface area contributed by atoms with Crippen molar-refractivity contribution >= 4 is 11.4 Å². The Morgan fingerprint density at radius 3 is 2.31 bits per heavy atom. The lowest BCUT2D eigenvalue weighted by atomic mass is 9.99. The standard InChI is InChI=1S/C12H12O/c1-4-9(2)11-7-5-6-8-12(11)10(3)13/h4-8H,1-2H2,3H3. The molecule has 1 heteroatoms. The Labute approximate surface area is 78.4 Å². The van der Waals surface area contributed by atoms with Gasteiger partial charge in [-0.1, -0.05) is 43.5 Å². The van der Waals surface area contributed by atoms with Gasteiger partial charge < -0.3 is 0 Å². The van der Waals surface area contributed by atoms with Gasteiger partial charge in [-0.25, -0.2) is 0 Å². The van der Waals surface area contributed by atoms with Crippen LogP contribution in [0, 0.1) is 0 Å². The average molecular weight is 172 g/mol. The van der Waals surface area contributed by atoms with E-state index in [0.29, 0.717) is 5.56 Å². The van der Waals surface area contributed by atoms with Crippen molar-refractivity contribution in [3.63, 3.8) is 0 Å². The summed E-state index contributed by atoms with van der Waals surface area (Å²) < 4.78 is 0. The Morgan fingerprint density at radius 2 is 1.85 bits per heavy atom. The Bertz CT molecular complexity index is 361. The molecule has 0 aliphatic heterocycles. The summed E-state index contributed by atoms with van der Waals surface area (Å²) >= 11 is 0. The van der Waals surface area contributed by atoms with Crippen LogP contribution in [0.2, 0.25) is 0 Å². The highest BCUT2D eigenvalue weighted by atomic mass is 16.1.